The number of ether oxygens (including phenoxy) is 1. The smallest absolute Gasteiger partial charge is 0.261 e. The molecule has 0 spiro atoms. The Balaban J connectivity index is 1.31. The van der Waals surface area contributed by atoms with Crippen molar-refractivity contribution in [3.63, 3.8) is 0 Å². The Bertz CT molecular complexity index is 1200. The molecule has 0 unspecified atom stereocenters. The van der Waals surface area contributed by atoms with E-state index < -0.39 is 0 Å². The predicted octanol–water partition coefficient (Wildman–Crippen LogP) is 4.00. The first kappa shape index (κ1) is 19.4. The third-order valence-electron chi connectivity index (χ3n) is 4.70. The molecule has 0 saturated carbocycles. The normalized spacial score (nSPS) is 10.7. The summed E-state index contributed by atoms with van der Waals surface area (Å²) in [4.78, 5) is 29.0. The lowest BCUT2D eigenvalue weighted by Gasteiger charge is -2.09. The minimum atomic E-state index is -0.173. The number of fused-ring (bicyclic) bond motifs is 1. The molecule has 1 heterocycles. The van der Waals surface area contributed by atoms with Gasteiger partial charge in [-0.05, 0) is 42.0 Å². The van der Waals surface area contributed by atoms with Crippen molar-refractivity contribution in [3.05, 3.63) is 101 Å². The molecule has 30 heavy (non-hydrogen) atoms. The molecule has 0 aliphatic heterocycles. The van der Waals surface area contributed by atoms with E-state index in [2.05, 4.69) is 10.3 Å². The molecule has 1 amide bonds. The minimum Gasteiger partial charge on any atom is -0.489 e. The monoisotopic (exact) mass is 399 g/mol. The Labute approximate surface area is 173 Å². The number of para-hydroxylation sites is 1. The summed E-state index contributed by atoms with van der Waals surface area (Å²) in [6.45, 7) is 0.752. The zero-order valence-corrected chi connectivity index (χ0v) is 16.3. The molecule has 3 aromatic carbocycles. The van der Waals surface area contributed by atoms with E-state index in [1.54, 1.807) is 30.3 Å². The second-order valence-corrected chi connectivity index (χ2v) is 6.86. The summed E-state index contributed by atoms with van der Waals surface area (Å²) in [6.07, 6.45) is 1.66. The Morgan fingerprint density at radius 1 is 0.933 bits per heavy atom. The van der Waals surface area contributed by atoms with Crippen molar-refractivity contribution in [1.29, 1.82) is 0 Å². The number of rotatable bonds is 7. The van der Waals surface area contributed by atoms with Crippen molar-refractivity contribution in [2.45, 2.75) is 19.6 Å². The van der Waals surface area contributed by atoms with Gasteiger partial charge in [-0.25, -0.2) is 4.98 Å². The van der Waals surface area contributed by atoms with Crippen LogP contribution in [0.3, 0.4) is 0 Å². The fourth-order valence-corrected chi connectivity index (χ4v) is 3.09. The van der Waals surface area contributed by atoms with Gasteiger partial charge in [-0.1, -0.05) is 42.5 Å². The molecule has 0 aliphatic rings. The highest BCUT2D eigenvalue weighted by atomic mass is 16.5. The van der Waals surface area contributed by atoms with E-state index >= 15 is 0 Å². The Morgan fingerprint density at radius 2 is 1.67 bits per heavy atom. The van der Waals surface area contributed by atoms with Gasteiger partial charge >= 0.3 is 0 Å². The molecule has 4 rings (SSSR count). The highest BCUT2D eigenvalue weighted by Gasteiger charge is 2.07. The number of carbonyl (C=O) groups is 1. The van der Waals surface area contributed by atoms with Gasteiger partial charge in [-0.15, -0.1) is 0 Å². The summed E-state index contributed by atoms with van der Waals surface area (Å²) in [6, 6.07) is 24.3. The quantitative estimate of drug-likeness (QED) is 0.510. The van der Waals surface area contributed by atoms with Gasteiger partial charge in [0.1, 0.15) is 12.4 Å². The number of amides is 1. The highest BCUT2D eigenvalue weighted by molar-refractivity contribution is 5.90. The molecular weight excluding hydrogens is 378 g/mol. The van der Waals surface area contributed by atoms with E-state index in [4.69, 9.17) is 4.74 Å². The van der Waals surface area contributed by atoms with E-state index in [9.17, 15) is 9.59 Å². The molecule has 1 N–H and O–H groups in total. The molecule has 0 aliphatic carbocycles. The molecule has 4 aromatic rings. The lowest BCUT2D eigenvalue weighted by molar-refractivity contribution is -0.116. The van der Waals surface area contributed by atoms with Gasteiger partial charge in [0, 0.05) is 18.7 Å². The van der Waals surface area contributed by atoms with Crippen LogP contribution in [0.25, 0.3) is 10.9 Å². The van der Waals surface area contributed by atoms with E-state index in [0.717, 1.165) is 11.3 Å². The molecule has 1 aromatic heterocycles. The number of benzene rings is 3. The number of anilines is 1. The second kappa shape index (κ2) is 9.05. The maximum Gasteiger partial charge on any atom is 0.261 e. The molecule has 0 radical (unpaired) electrons. The SMILES string of the molecule is O=C(CCn1cnc2ccccc2c1=O)Nc1ccc(OCc2ccccc2)cc1. The number of hydrogen-bond acceptors (Lipinski definition) is 4. The number of hydrogen-bond donors (Lipinski definition) is 1. The van der Waals surface area contributed by atoms with Crippen molar-refractivity contribution >= 4 is 22.5 Å². The van der Waals surface area contributed by atoms with Gasteiger partial charge < -0.3 is 10.1 Å². The first-order chi connectivity index (χ1) is 14.7. The number of nitrogens with zero attached hydrogens (tertiary/aromatic N) is 2. The van der Waals surface area contributed by atoms with Crippen LogP contribution in [-0.2, 0) is 17.9 Å². The molecule has 0 saturated heterocycles. The van der Waals surface area contributed by atoms with Crippen molar-refractivity contribution in [2.75, 3.05) is 5.32 Å². The predicted molar refractivity (Wildman–Crippen MR) is 116 cm³/mol. The molecule has 0 fully saturated rings. The van der Waals surface area contributed by atoms with Gasteiger partial charge in [0.05, 0.1) is 17.2 Å². The first-order valence-electron chi connectivity index (χ1n) is 9.70. The summed E-state index contributed by atoms with van der Waals surface area (Å²) in [5.41, 5.74) is 2.27. The summed E-state index contributed by atoms with van der Waals surface area (Å²) in [7, 11) is 0. The number of nitrogens with one attached hydrogen (secondary N) is 1. The maximum atomic E-state index is 12.5. The topological polar surface area (TPSA) is 73.2 Å². The zero-order valence-electron chi connectivity index (χ0n) is 16.3. The van der Waals surface area contributed by atoms with Crippen LogP contribution >= 0.6 is 0 Å². The van der Waals surface area contributed by atoms with Crippen LogP contribution in [0.4, 0.5) is 5.69 Å². The van der Waals surface area contributed by atoms with Crippen LogP contribution in [0.2, 0.25) is 0 Å². The minimum absolute atomic E-state index is 0.145. The third kappa shape index (κ3) is 4.72. The lowest BCUT2D eigenvalue weighted by Crippen LogP contribution is -2.23. The Kier molecular flexibility index (Phi) is 5.85. The molecule has 6 heteroatoms. The molecular formula is C24H21N3O3. The van der Waals surface area contributed by atoms with E-state index in [-0.39, 0.29) is 24.4 Å². The fourth-order valence-electron chi connectivity index (χ4n) is 3.09. The third-order valence-corrected chi connectivity index (χ3v) is 4.70. The average molecular weight is 399 g/mol. The molecule has 0 bridgehead atoms. The van der Waals surface area contributed by atoms with Gasteiger partial charge in [0.25, 0.3) is 5.56 Å². The van der Waals surface area contributed by atoms with Gasteiger partial charge in [-0.3, -0.25) is 14.2 Å². The number of carbonyl (C=O) groups excluding carboxylic acids is 1. The Hall–Kier alpha value is -3.93. The first-order valence-corrected chi connectivity index (χ1v) is 9.70. The standard InChI is InChI=1S/C24H21N3O3/c28-23(14-15-27-17-25-22-9-5-4-8-21(22)24(27)29)26-19-10-12-20(13-11-19)30-16-18-6-2-1-3-7-18/h1-13,17H,14-16H2,(H,26,28). The van der Waals surface area contributed by atoms with Crippen LogP contribution in [0.15, 0.2) is 90.0 Å². The van der Waals surface area contributed by atoms with Crippen LogP contribution in [-0.4, -0.2) is 15.5 Å². The Morgan fingerprint density at radius 3 is 2.47 bits per heavy atom. The number of aromatic nitrogens is 2. The second-order valence-electron chi connectivity index (χ2n) is 6.86. The largest absolute Gasteiger partial charge is 0.489 e. The summed E-state index contributed by atoms with van der Waals surface area (Å²) < 4.78 is 7.21. The number of aryl methyl sites for hydroxylation is 1. The molecule has 0 atom stereocenters. The van der Waals surface area contributed by atoms with Crippen LogP contribution in [0.5, 0.6) is 5.75 Å². The zero-order chi connectivity index (χ0) is 20.8. The summed E-state index contributed by atoms with van der Waals surface area (Å²) in [5, 5.41) is 3.39. The van der Waals surface area contributed by atoms with Crippen molar-refractivity contribution < 1.29 is 9.53 Å². The van der Waals surface area contributed by atoms with E-state index in [1.165, 1.54) is 10.9 Å². The van der Waals surface area contributed by atoms with Crippen molar-refractivity contribution in [1.82, 2.24) is 9.55 Å². The fraction of sp³-hybridized carbons (Fsp3) is 0.125. The molecule has 6 nitrogen and oxygen atoms in total. The molecule has 150 valence electrons. The van der Waals surface area contributed by atoms with Crippen LogP contribution in [0, 0.1) is 0 Å². The van der Waals surface area contributed by atoms with E-state index in [0.29, 0.717) is 23.2 Å². The van der Waals surface area contributed by atoms with Crippen LogP contribution in [0.1, 0.15) is 12.0 Å². The van der Waals surface area contributed by atoms with Crippen molar-refractivity contribution in [2.24, 2.45) is 0 Å². The average Bonchev–Trinajstić information content (AvgIpc) is 2.79. The summed E-state index contributed by atoms with van der Waals surface area (Å²) in [5.74, 6) is 0.554. The lowest BCUT2D eigenvalue weighted by atomic mass is 10.2. The van der Waals surface area contributed by atoms with Crippen molar-refractivity contribution in [3.8, 4) is 5.75 Å². The summed E-state index contributed by atoms with van der Waals surface area (Å²) >= 11 is 0. The van der Waals surface area contributed by atoms with Gasteiger partial charge in [-0.2, -0.15) is 0 Å². The van der Waals surface area contributed by atoms with Gasteiger partial charge in [0.15, 0.2) is 0 Å². The van der Waals surface area contributed by atoms with Gasteiger partial charge in [0.2, 0.25) is 5.91 Å². The van der Waals surface area contributed by atoms with E-state index in [1.807, 2.05) is 48.5 Å². The maximum absolute atomic E-state index is 12.5. The highest BCUT2D eigenvalue weighted by Crippen LogP contribution is 2.17. The van der Waals surface area contributed by atoms with Crippen LogP contribution < -0.4 is 15.6 Å².